The van der Waals surface area contributed by atoms with Gasteiger partial charge < -0.3 is 0 Å². The second-order valence-corrected chi connectivity index (χ2v) is 4.48. The summed E-state index contributed by atoms with van der Waals surface area (Å²) < 4.78 is 23.0. The van der Waals surface area contributed by atoms with Gasteiger partial charge in [-0.1, -0.05) is 0 Å². The van der Waals surface area contributed by atoms with Crippen molar-refractivity contribution in [1.82, 2.24) is 20.0 Å². The summed E-state index contributed by atoms with van der Waals surface area (Å²) in [4.78, 5) is 2.48. The molecule has 74 valence electrons. The number of aryl methyl sites for hydroxylation is 1. The summed E-state index contributed by atoms with van der Waals surface area (Å²) in [5.41, 5.74) is 0.523. The van der Waals surface area contributed by atoms with Crippen LogP contribution in [0.5, 0.6) is 0 Å². The Morgan fingerprint density at radius 2 is 2.15 bits per heavy atom. The SMILES string of the molecule is Cc1[nH]ncc1S(=O)(=O)NN(C)C. The van der Waals surface area contributed by atoms with Crippen LogP contribution in [0.3, 0.4) is 0 Å². The molecule has 6 nitrogen and oxygen atoms in total. The molecule has 7 heteroatoms. The summed E-state index contributed by atoms with van der Waals surface area (Å²) in [5, 5.41) is 7.56. The number of aromatic amines is 1. The summed E-state index contributed by atoms with van der Waals surface area (Å²) in [5.74, 6) is 0. The molecule has 0 aromatic carbocycles. The third kappa shape index (κ3) is 2.27. The zero-order valence-electron chi connectivity index (χ0n) is 7.70. The molecule has 0 atom stereocenters. The smallest absolute Gasteiger partial charge is 0.256 e. The fourth-order valence-electron chi connectivity index (χ4n) is 0.900. The first-order valence-corrected chi connectivity index (χ1v) is 5.11. The highest BCUT2D eigenvalue weighted by atomic mass is 32.2. The lowest BCUT2D eigenvalue weighted by molar-refractivity contribution is 0.364. The molecule has 2 N–H and O–H groups in total. The van der Waals surface area contributed by atoms with Crippen molar-refractivity contribution in [1.29, 1.82) is 0 Å². The van der Waals surface area contributed by atoms with Crippen molar-refractivity contribution in [2.45, 2.75) is 11.8 Å². The van der Waals surface area contributed by atoms with Gasteiger partial charge in [-0.15, -0.1) is 4.83 Å². The van der Waals surface area contributed by atoms with Crippen LogP contribution < -0.4 is 4.83 Å². The molecule has 0 saturated heterocycles. The Hall–Kier alpha value is -0.920. The molecule has 1 aromatic rings. The molecule has 0 bridgehead atoms. The first-order chi connectivity index (χ1) is 5.93. The third-order valence-electron chi connectivity index (χ3n) is 1.38. The quantitative estimate of drug-likeness (QED) is 0.649. The van der Waals surface area contributed by atoms with Crippen molar-refractivity contribution in [2.75, 3.05) is 14.1 Å². The van der Waals surface area contributed by atoms with Crippen molar-refractivity contribution in [2.24, 2.45) is 0 Å². The van der Waals surface area contributed by atoms with Gasteiger partial charge in [-0.05, 0) is 6.92 Å². The molecular formula is C6H12N4O2S. The number of H-pyrrole nitrogens is 1. The Kier molecular flexibility index (Phi) is 2.69. The summed E-state index contributed by atoms with van der Waals surface area (Å²) >= 11 is 0. The number of rotatable bonds is 3. The minimum absolute atomic E-state index is 0.168. The normalized spacial score (nSPS) is 12.3. The molecule has 0 spiro atoms. The van der Waals surface area contributed by atoms with E-state index in [-0.39, 0.29) is 4.90 Å². The third-order valence-corrected chi connectivity index (χ3v) is 2.97. The van der Waals surface area contributed by atoms with Crippen LogP contribution in [0, 0.1) is 6.92 Å². The van der Waals surface area contributed by atoms with Gasteiger partial charge >= 0.3 is 0 Å². The molecule has 13 heavy (non-hydrogen) atoms. The molecule has 1 heterocycles. The molecule has 0 aliphatic heterocycles. The lowest BCUT2D eigenvalue weighted by Crippen LogP contribution is -2.36. The van der Waals surface area contributed by atoms with Crippen molar-refractivity contribution in [3.63, 3.8) is 0 Å². The van der Waals surface area contributed by atoms with Crippen LogP contribution in [0.15, 0.2) is 11.1 Å². The number of hydrogen-bond acceptors (Lipinski definition) is 4. The lowest BCUT2D eigenvalue weighted by atomic mass is 10.5. The predicted molar refractivity (Wildman–Crippen MR) is 47.3 cm³/mol. The van der Waals surface area contributed by atoms with Gasteiger partial charge in [-0.2, -0.15) is 5.10 Å². The van der Waals surface area contributed by atoms with Crippen LogP contribution in [-0.4, -0.2) is 37.7 Å². The molecule has 0 saturated carbocycles. The van der Waals surface area contributed by atoms with Crippen LogP contribution in [-0.2, 0) is 10.0 Å². The van der Waals surface area contributed by atoms with Crippen molar-refractivity contribution >= 4 is 10.0 Å². The second-order valence-electron chi connectivity index (χ2n) is 2.85. The van der Waals surface area contributed by atoms with Crippen LogP contribution >= 0.6 is 0 Å². The van der Waals surface area contributed by atoms with E-state index in [4.69, 9.17) is 0 Å². The minimum atomic E-state index is -3.46. The van der Waals surface area contributed by atoms with Crippen LogP contribution in [0.2, 0.25) is 0 Å². The van der Waals surface area contributed by atoms with Crippen molar-refractivity contribution in [3.05, 3.63) is 11.9 Å². The van der Waals surface area contributed by atoms with E-state index in [1.54, 1.807) is 21.0 Å². The molecule has 0 fully saturated rings. The summed E-state index contributed by atoms with van der Waals surface area (Å²) in [6.45, 7) is 1.65. The van der Waals surface area contributed by atoms with E-state index >= 15 is 0 Å². The van der Waals surface area contributed by atoms with E-state index < -0.39 is 10.0 Å². The van der Waals surface area contributed by atoms with Crippen molar-refractivity contribution < 1.29 is 8.42 Å². The molecular weight excluding hydrogens is 192 g/mol. The van der Waals surface area contributed by atoms with Gasteiger partial charge in [0.2, 0.25) is 0 Å². The van der Waals surface area contributed by atoms with Crippen molar-refractivity contribution in [3.8, 4) is 0 Å². The minimum Gasteiger partial charge on any atom is -0.281 e. The highest BCUT2D eigenvalue weighted by Gasteiger charge is 2.18. The van der Waals surface area contributed by atoms with Gasteiger partial charge in [0.05, 0.1) is 11.9 Å². The maximum absolute atomic E-state index is 11.5. The standard InChI is InChI=1S/C6H12N4O2S/c1-5-6(4-7-8-5)13(11,12)9-10(2)3/h4,9H,1-3H3,(H,7,8). The fraction of sp³-hybridized carbons (Fsp3) is 0.500. The number of aromatic nitrogens is 2. The van der Waals surface area contributed by atoms with Gasteiger partial charge in [0.15, 0.2) is 0 Å². The van der Waals surface area contributed by atoms with E-state index in [0.717, 1.165) is 0 Å². The van der Waals surface area contributed by atoms with E-state index in [0.29, 0.717) is 5.69 Å². The number of nitrogens with zero attached hydrogens (tertiary/aromatic N) is 2. The predicted octanol–water partition coefficient (Wildman–Crippen LogP) is -0.527. The van der Waals surface area contributed by atoms with E-state index in [9.17, 15) is 8.42 Å². The van der Waals surface area contributed by atoms with Crippen LogP contribution in [0.4, 0.5) is 0 Å². The number of hydrazine groups is 1. The molecule has 1 rings (SSSR count). The Labute approximate surface area is 77.0 Å². The molecule has 0 unspecified atom stereocenters. The summed E-state index contributed by atoms with van der Waals surface area (Å²) in [7, 11) is -0.256. The Bertz CT molecular complexity index is 381. The Morgan fingerprint density at radius 3 is 2.54 bits per heavy atom. The summed E-state index contributed by atoms with van der Waals surface area (Å²) in [6.07, 6.45) is 1.28. The number of hydrogen-bond donors (Lipinski definition) is 2. The average Bonchev–Trinajstić information content (AvgIpc) is 2.32. The highest BCUT2D eigenvalue weighted by Crippen LogP contribution is 2.10. The van der Waals surface area contributed by atoms with Crippen LogP contribution in [0.1, 0.15) is 5.69 Å². The van der Waals surface area contributed by atoms with Gasteiger partial charge in [0.1, 0.15) is 4.90 Å². The molecule has 0 radical (unpaired) electrons. The zero-order chi connectivity index (χ0) is 10.1. The van der Waals surface area contributed by atoms with E-state index in [1.807, 2.05) is 0 Å². The summed E-state index contributed by atoms with van der Waals surface area (Å²) in [6, 6.07) is 0. The molecule has 0 aliphatic carbocycles. The number of sulfonamides is 1. The zero-order valence-corrected chi connectivity index (χ0v) is 8.51. The molecule has 0 aliphatic rings. The van der Waals surface area contributed by atoms with Gasteiger partial charge in [0, 0.05) is 14.1 Å². The van der Waals surface area contributed by atoms with E-state index in [1.165, 1.54) is 11.2 Å². The second kappa shape index (κ2) is 3.44. The Balaban J connectivity index is 3.02. The van der Waals surface area contributed by atoms with Gasteiger partial charge in [0.25, 0.3) is 10.0 Å². The lowest BCUT2D eigenvalue weighted by Gasteiger charge is -2.11. The average molecular weight is 204 g/mol. The highest BCUT2D eigenvalue weighted by molar-refractivity contribution is 7.89. The van der Waals surface area contributed by atoms with E-state index in [2.05, 4.69) is 15.0 Å². The van der Waals surface area contributed by atoms with Gasteiger partial charge in [-0.3, -0.25) is 5.10 Å². The maximum atomic E-state index is 11.5. The van der Waals surface area contributed by atoms with Crippen LogP contribution in [0.25, 0.3) is 0 Å². The Morgan fingerprint density at radius 1 is 1.54 bits per heavy atom. The topological polar surface area (TPSA) is 78.1 Å². The molecule has 1 aromatic heterocycles. The largest absolute Gasteiger partial charge is 0.281 e. The number of nitrogens with one attached hydrogen (secondary N) is 2. The molecule has 0 amide bonds. The first-order valence-electron chi connectivity index (χ1n) is 3.63. The monoisotopic (exact) mass is 204 g/mol. The fourth-order valence-corrected chi connectivity index (χ4v) is 2.12. The maximum Gasteiger partial charge on any atom is 0.256 e. The van der Waals surface area contributed by atoms with Gasteiger partial charge in [-0.25, -0.2) is 13.4 Å². The first kappa shape index (κ1) is 10.2.